The maximum Gasteiger partial charge on any atom is 0.0589 e. The van der Waals surface area contributed by atoms with Crippen LogP contribution < -0.4 is 5.73 Å². The van der Waals surface area contributed by atoms with Gasteiger partial charge in [0, 0.05) is 38.0 Å². The van der Waals surface area contributed by atoms with Crippen LogP contribution in [-0.2, 0) is 4.74 Å². The summed E-state index contributed by atoms with van der Waals surface area (Å²) in [4.78, 5) is 2.60. The van der Waals surface area contributed by atoms with Crippen LogP contribution in [0.15, 0.2) is 0 Å². The van der Waals surface area contributed by atoms with Gasteiger partial charge in [0.25, 0.3) is 0 Å². The minimum atomic E-state index is 0.110. The van der Waals surface area contributed by atoms with Gasteiger partial charge in [-0.2, -0.15) is 11.8 Å². The van der Waals surface area contributed by atoms with Gasteiger partial charge in [-0.25, -0.2) is 0 Å². The van der Waals surface area contributed by atoms with Crippen LogP contribution in [0.4, 0.5) is 0 Å². The van der Waals surface area contributed by atoms with Gasteiger partial charge in [-0.05, 0) is 23.5 Å². The van der Waals surface area contributed by atoms with Gasteiger partial charge in [-0.3, -0.25) is 4.90 Å². The maximum absolute atomic E-state index is 6.27. The van der Waals surface area contributed by atoms with E-state index in [0.717, 1.165) is 32.0 Å². The summed E-state index contributed by atoms with van der Waals surface area (Å²) >= 11 is 2.06. The second-order valence-electron chi connectivity index (χ2n) is 6.75. The van der Waals surface area contributed by atoms with Crippen molar-refractivity contribution in [3.05, 3.63) is 0 Å². The van der Waals surface area contributed by atoms with E-state index < -0.39 is 0 Å². The highest BCUT2D eigenvalue weighted by atomic mass is 32.2. The topological polar surface area (TPSA) is 38.5 Å². The normalized spacial score (nSPS) is 27.2. The molecule has 1 rings (SSSR count). The Kier molecular flexibility index (Phi) is 6.64. The van der Waals surface area contributed by atoms with Crippen LogP contribution in [0, 0.1) is 11.3 Å². The molecule has 1 fully saturated rings. The van der Waals surface area contributed by atoms with Crippen LogP contribution in [0.5, 0.6) is 0 Å². The Balaban J connectivity index is 2.97. The Morgan fingerprint density at radius 3 is 2.53 bits per heavy atom. The van der Waals surface area contributed by atoms with E-state index >= 15 is 0 Å². The van der Waals surface area contributed by atoms with Gasteiger partial charge >= 0.3 is 0 Å². The summed E-state index contributed by atoms with van der Waals surface area (Å²) < 4.78 is 5.31. The molecule has 1 heterocycles. The first-order chi connectivity index (χ1) is 8.89. The first-order valence-corrected chi connectivity index (χ1v) is 8.57. The number of rotatable bonds is 7. The SMILES string of the molecule is COCCN(CC(C)C)C1(CN)CSCCC1(C)C. The minimum Gasteiger partial charge on any atom is -0.383 e. The van der Waals surface area contributed by atoms with E-state index in [1.807, 2.05) is 0 Å². The van der Waals surface area contributed by atoms with Crippen LogP contribution >= 0.6 is 11.8 Å². The highest BCUT2D eigenvalue weighted by molar-refractivity contribution is 7.99. The quantitative estimate of drug-likeness (QED) is 0.781. The van der Waals surface area contributed by atoms with Gasteiger partial charge in [0.1, 0.15) is 0 Å². The van der Waals surface area contributed by atoms with E-state index in [2.05, 4.69) is 44.4 Å². The number of thioether (sulfide) groups is 1. The highest BCUT2D eigenvalue weighted by Crippen LogP contribution is 2.45. The molecule has 1 aliphatic rings. The molecule has 0 saturated carbocycles. The standard InChI is InChI=1S/C15H32N2OS/c1-13(2)10-17(7-8-18-5)15(11-16)12-19-9-6-14(15,3)4/h13H,6-12,16H2,1-5H3. The van der Waals surface area contributed by atoms with E-state index in [4.69, 9.17) is 10.5 Å². The van der Waals surface area contributed by atoms with Crippen molar-refractivity contribution in [2.75, 3.05) is 44.9 Å². The van der Waals surface area contributed by atoms with Gasteiger partial charge in [-0.1, -0.05) is 27.7 Å². The van der Waals surface area contributed by atoms with Crippen LogP contribution in [0.2, 0.25) is 0 Å². The van der Waals surface area contributed by atoms with Gasteiger partial charge in [0.05, 0.1) is 6.61 Å². The highest BCUT2D eigenvalue weighted by Gasteiger charge is 2.49. The average molecular weight is 289 g/mol. The number of nitrogens with zero attached hydrogens (tertiary/aromatic N) is 1. The lowest BCUT2D eigenvalue weighted by Crippen LogP contribution is -2.66. The molecule has 1 unspecified atom stereocenters. The average Bonchev–Trinajstić information content (AvgIpc) is 2.34. The molecule has 0 aliphatic carbocycles. The molecule has 2 N–H and O–H groups in total. The van der Waals surface area contributed by atoms with E-state index in [9.17, 15) is 0 Å². The predicted molar refractivity (Wildman–Crippen MR) is 85.8 cm³/mol. The third kappa shape index (κ3) is 3.87. The van der Waals surface area contributed by atoms with Gasteiger partial charge in [0.15, 0.2) is 0 Å². The Labute approximate surface area is 123 Å². The molecule has 114 valence electrons. The first kappa shape index (κ1) is 17.3. The first-order valence-electron chi connectivity index (χ1n) is 7.41. The molecule has 0 aromatic rings. The molecule has 1 atom stereocenters. The second-order valence-corrected chi connectivity index (χ2v) is 7.86. The van der Waals surface area contributed by atoms with Crippen molar-refractivity contribution in [3.63, 3.8) is 0 Å². The largest absolute Gasteiger partial charge is 0.383 e. The van der Waals surface area contributed by atoms with E-state index in [-0.39, 0.29) is 11.0 Å². The molecule has 0 spiro atoms. The molecular formula is C15H32N2OS. The van der Waals surface area contributed by atoms with Crippen molar-refractivity contribution in [1.82, 2.24) is 4.90 Å². The van der Waals surface area contributed by atoms with E-state index in [1.165, 1.54) is 12.2 Å². The maximum atomic E-state index is 6.27. The third-order valence-corrected chi connectivity index (χ3v) is 5.74. The number of hydrogen-bond acceptors (Lipinski definition) is 4. The van der Waals surface area contributed by atoms with Crippen molar-refractivity contribution in [2.24, 2.45) is 17.1 Å². The number of hydrogen-bond donors (Lipinski definition) is 1. The fraction of sp³-hybridized carbons (Fsp3) is 1.00. The predicted octanol–water partition coefficient (Wildman–Crippen LogP) is 2.45. The molecule has 1 aliphatic heterocycles. The molecule has 3 nitrogen and oxygen atoms in total. The van der Waals surface area contributed by atoms with Gasteiger partial charge < -0.3 is 10.5 Å². The second kappa shape index (κ2) is 7.30. The van der Waals surface area contributed by atoms with E-state index in [0.29, 0.717) is 5.92 Å². The minimum absolute atomic E-state index is 0.110. The zero-order chi connectivity index (χ0) is 14.5. The summed E-state index contributed by atoms with van der Waals surface area (Å²) in [7, 11) is 1.78. The Hall–Kier alpha value is 0.230. The monoisotopic (exact) mass is 288 g/mol. The van der Waals surface area contributed by atoms with Crippen molar-refractivity contribution in [2.45, 2.75) is 39.7 Å². The van der Waals surface area contributed by atoms with Crippen LogP contribution in [0.3, 0.4) is 0 Å². The molecule has 0 radical (unpaired) electrons. The van der Waals surface area contributed by atoms with Crippen molar-refractivity contribution in [3.8, 4) is 0 Å². The molecule has 0 bridgehead atoms. The number of nitrogens with two attached hydrogens (primary N) is 1. The summed E-state index contributed by atoms with van der Waals surface area (Å²) in [6, 6.07) is 0. The zero-order valence-corrected chi connectivity index (χ0v) is 14.2. The summed E-state index contributed by atoms with van der Waals surface area (Å²) in [6.45, 7) is 13.0. The van der Waals surface area contributed by atoms with Crippen molar-refractivity contribution in [1.29, 1.82) is 0 Å². The number of methoxy groups -OCH3 is 1. The lowest BCUT2D eigenvalue weighted by Gasteiger charge is -2.56. The molecule has 0 aromatic carbocycles. The summed E-state index contributed by atoms with van der Waals surface area (Å²) in [5.41, 5.74) is 6.65. The molecule has 0 aromatic heterocycles. The lowest BCUT2D eigenvalue weighted by molar-refractivity contribution is -0.0188. The van der Waals surface area contributed by atoms with Crippen LogP contribution in [0.1, 0.15) is 34.1 Å². The summed E-state index contributed by atoms with van der Waals surface area (Å²) in [5.74, 6) is 3.06. The van der Waals surface area contributed by atoms with Crippen molar-refractivity contribution >= 4 is 11.8 Å². The summed E-state index contributed by atoms with van der Waals surface area (Å²) in [5, 5.41) is 0. The molecule has 19 heavy (non-hydrogen) atoms. The molecule has 0 amide bonds. The summed E-state index contributed by atoms with van der Waals surface area (Å²) in [6.07, 6.45) is 1.25. The molecular weight excluding hydrogens is 256 g/mol. The van der Waals surface area contributed by atoms with Crippen molar-refractivity contribution < 1.29 is 4.74 Å². The van der Waals surface area contributed by atoms with Gasteiger partial charge in [0.2, 0.25) is 0 Å². The number of ether oxygens (including phenoxy) is 1. The molecule has 1 saturated heterocycles. The Morgan fingerprint density at radius 1 is 1.37 bits per heavy atom. The zero-order valence-electron chi connectivity index (χ0n) is 13.4. The fourth-order valence-corrected chi connectivity index (χ4v) is 4.93. The van der Waals surface area contributed by atoms with Gasteiger partial charge in [-0.15, -0.1) is 0 Å². The van der Waals surface area contributed by atoms with Crippen LogP contribution in [-0.4, -0.2) is 55.3 Å². The van der Waals surface area contributed by atoms with E-state index in [1.54, 1.807) is 7.11 Å². The Morgan fingerprint density at radius 2 is 2.05 bits per heavy atom. The fourth-order valence-electron chi connectivity index (χ4n) is 3.10. The van der Waals surface area contributed by atoms with Crippen LogP contribution in [0.25, 0.3) is 0 Å². The Bertz CT molecular complexity index is 271. The lowest BCUT2D eigenvalue weighted by atomic mass is 9.69. The molecule has 4 heteroatoms. The smallest absolute Gasteiger partial charge is 0.0589 e. The third-order valence-electron chi connectivity index (χ3n) is 4.57.